The fourth-order valence-corrected chi connectivity index (χ4v) is 4.69. The second-order valence-corrected chi connectivity index (χ2v) is 10.9. The third-order valence-electron chi connectivity index (χ3n) is 6.62. The Morgan fingerprint density at radius 1 is 1.15 bits per heavy atom. The third-order valence-corrected chi connectivity index (χ3v) is 6.62. The van der Waals surface area contributed by atoms with Gasteiger partial charge >= 0.3 is 6.16 Å². The van der Waals surface area contributed by atoms with Crippen LogP contribution in [0.3, 0.4) is 0 Å². The summed E-state index contributed by atoms with van der Waals surface area (Å²) in [5.74, 6) is 1.25. The maximum atomic E-state index is 12.0. The fraction of sp³-hybridized carbons (Fsp3) is 0.448. The number of nitrogens with one attached hydrogen (secondary N) is 1. The van der Waals surface area contributed by atoms with Crippen LogP contribution in [0, 0.1) is 11.3 Å². The van der Waals surface area contributed by atoms with Crippen LogP contribution >= 0.6 is 0 Å². The van der Waals surface area contributed by atoms with Crippen molar-refractivity contribution in [1.29, 1.82) is 5.26 Å². The highest BCUT2D eigenvalue weighted by molar-refractivity contribution is 5.70. The highest BCUT2D eigenvalue weighted by atomic mass is 16.8. The lowest BCUT2D eigenvalue weighted by Crippen LogP contribution is -2.31. The van der Waals surface area contributed by atoms with E-state index in [1.807, 2.05) is 41.2 Å². The molecule has 1 aromatic carbocycles. The number of carbonyl (C=O) groups is 1. The van der Waals surface area contributed by atoms with Crippen LogP contribution in [0.15, 0.2) is 48.9 Å². The van der Waals surface area contributed by atoms with Crippen LogP contribution in [0.5, 0.6) is 5.75 Å². The van der Waals surface area contributed by atoms with Crippen LogP contribution in [0.2, 0.25) is 0 Å². The van der Waals surface area contributed by atoms with Crippen LogP contribution in [-0.2, 0) is 14.3 Å². The number of anilines is 2. The van der Waals surface area contributed by atoms with Crippen molar-refractivity contribution in [2.75, 3.05) is 31.6 Å². The lowest BCUT2D eigenvalue weighted by molar-refractivity contribution is -0.131. The van der Waals surface area contributed by atoms with E-state index in [1.165, 1.54) is 0 Å². The van der Waals surface area contributed by atoms with Gasteiger partial charge < -0.3 is 24.4 Å². The first-order chi connectivity index (χ1) is 19.3. The summed E-state index contributed by atoms with van der Waals surface area (Å²) in [6.07, 6.45) is 7.16. The van der Waals surface area contributed by atoms with Crippen molar-refractivity contribution < 1.29 is 23.8 Å². The van der Waals surface area contributed by atoms with E-state index in [0.717, 1.165) is 36.1 Å². The zero-order valence-corrected chi connectivity index (χ0v) is 23.0. The molecule has 0 amide bonds. The minimum atomic E-state index is -0.703. The molecule has 210 valence electrons. The van der Waals surface area contributed by atoms with E-state index in [4.69, 9.17) is 19.0 Å². The fourth-order valence-electron chi connectivity index (χ4n) is 4.69. The first kappa shape index (κ1) is 27.4. The van der Waals surface area contributed by atoms with Gasteiger partial charge in [-0.3, -0.25) is 4.68 Å². The lowest BCUT2D eigenvalue weighted by atomic mass is 10.0. The Hall–Kier alpha value is -4.14. The molecule has 11 nitrogen and oxygen atoms in total. The Bertz CT molecular complexity index is 1370. The van der Waals surface area contributed by atoms with Gasteiger partial charge in [0.1, 0.15) is 29.3 Å². The van der Waals surface area contributed by atoms with Crippen LogP contribution in [0.1, 0.15) is 51.6 Å². The summed E-state index contributed by atoms with van der Waals surface area (Å²) in [5.41, 5.74) is 2.50. The molecule has 5 rings (SSSR count). The second-order valence-electron chi connectivity index (χ2n) is 10.9. The molecule has 0 bridgehead atoms. The van der Waals surface area contributed by atoms with E-state index >= 15 is 0 Å². The number of hydroxylamine groups is 2. The van der Waals surface area contributed by atoms with E-state index in [9.17, 15) is 10.1 Å². The van der Waals surface area contributed by atoms with Crippen LogP contribution in [0.4, 0.5) is 16.3 Å². The van der Waals surface area contributed by atoms with Crippen LogP contribution in [-0.4, -0.2) is 64.0 Å². The van der Waals surface area contributed by atoms with Gasteiger partial charge in [-0.05, 0) is 62.6 Å². The van der Waals surface area contributed by atoms with Crippen LogP contribution in [0.25, 0.3) is 11.1 Å². The van der Waals surface area contributed by atoms with Gasteiger partial charge in [0.2, 0.25) is 0 Å². The zero-order chi connectivity index (χ0) is 28.1. The largest absolute Gasteiger partial charge is 0.528 e. The number of pyridine rings is 1. The molecule has 0 saturated carbocycles. The Morgan fingerprint density at radius 3 is 2.73 bits per heavy atom. The Kier molecular flexibility index (Phi) is 8.19. The van der Waals surface area contributed by atoms with Crippen molar-refractivity contribution in [3.05, 3.63) is 54.5 Å². The summed E-state index contributed by atoms with van der Waals surface area (Å²) in [4.78, 5) is 21.8. The monoisotopic (exact) mass is 546 g/mol. The molecule has 0 spiro atoms. The molecular formula is C29H34N6O5. The number of nitriles is 1. The van der Waals surface area contributed by atoms with Crippen molar-refractivity contribution in [1.82, 2.24) is 19.8 Å². The molecule has 2 aliphatic rings. The quantitative estimate of drug-likeness (QED) is 0.394. The molecule has 1 unspecified atom stereocenters. The molecule has 40 heavy (non-hydrogen) atoms. The Morgan fingerprint density at radius 2 is 1.95 bits per heavy atom. The summed E-state index contributed by atoms with van der Waals surface area (Å²) in [5, 5.41) is 19.2. The number of rotatable bonds is 7. The standard InChI is InChI=1S/C29H34N6O5/c1-29(2,3)39-28(36)40-34-11-7-24(19-34)35-18-23(17-32-35)33-27-15-21(6-10-31-27)20-4-5-26(22(14-20)16-30)38-25-8-12-37-13-9-25/h4-6,10,14-15,17-18,24-25H,7-9,11-13,19H2,1-3H3,(H,31,33). The molecule has 2 aromatic heterocycles. The molecule has 0 aliphatic carbocycles. The van der Waals surface area contributed by atoms with E-state index < -0.39 is 11.8 Å². The SMILES string of the molecule is CC(C)(C)OC(=O)ON1CCC(n2cc(Nc3cc(-c4ccc(OC5CCOCC5)c(C#N)c4)ccn3)cn2)C1. The van der Waals surface area contributed by atoms with Crippen LogP contribution < -0.4 is 10.1 Å². The van der Waals surface area contributed by atoms with Crippen molar-refractivity contribution in [3.8, 4) is 22.9 Å². The number of hydrogen-bond acceptors (Lipinski definition) is 10. The Balaban J connectivity index is 1.21. The molecular weight excluding hydrogens is 512 g/mol. The molecule has 11 heteroatoms. The van der Waals surface area contributed by atoms with E-state index in [0.29, 0.717) is 43.4 Å². The van der Waals surface area contributed by atoms with E-state index in [1.54, 1.807) is 38.2 Å². The van der Waals surface area contributed by atoms with Gasteiger partial charge in [-0.15, -0.1) is 5.06 Å². The summed E-state index contributed by atoms with van der Waals surface area (Å²) in [6.45, 7) is 7.87. The molecule has 0 radical (unpaired) electrons. The van der Waals surface area contributed by atoms with Gasteiger partial charge in [0.25, 0.3) is 0 Å². The zero-order valence-electron chi connectivity index (χ0n) is 23.0. The van der Waals surface area contributed by atoms with Gasteiger partial charge in [-0.2, -0.15) is 10.4 Å². The Labute approximate surface area is 233 Å². The summed E-state index contributed by atoms with van der Waals surface area (Å²) < 4.78 is 18.6. The van der Waals surface area contributed by atoms with Gasteiger partial charge in [0, 0.05) is 31.8 Å². The average molecular weight is 547 g/mol. The molecule has 4 heterocycles. The summed E-state index contributed by atoms with van der Waals surface area (Å²) in [6, 6.07) is 11.8. The number of benzene rings is 1. The highest BCUT2D eigenvalue weighted by Gasteiger charge is 2.29. The average Bonchev–Trinajstić information content (AvgIpc) is 3.58. The normalized spacial score (nSPS) is 18.2. The molecule has 1 atom stereocenters. The minimum Gasteiger partial charge on any atom is -0.489 e. The number of ether oxygens (including phenoxy) is 3. The van der Waals surface area contributed by atoms with E-state index in [2.05, 4.69) is 21.5 Å². The van der Waals surface area contributed by atoms with Gasteiger partial charge in [-0.25, -0.2) is 9.78 Å². The maximum absolute atomic E-state index is 12.0. The molecule has 3 aromatic rings. The predicted molar refractivity (Wildman–Crippen MR) is 147 cm³/mol. The minimum absolute atomic E-state index is 0.0588. The summed E-state index contributed by atoms with van der Waals surface area (Å²) in [7, 11) is 0. The van der Waals surface area contributed by atoms with Crippen molar-refractivity contribution in [2.24, 2.45) is 0 Å². The summed E-state index contributed by atoms with van der Waals surface area (Å²) >= 11 is 0. The first-order valence-electron chi connectivity index (χ1n) is 13.5. The molecule has 1 N–H and O–H groups in total. The number of aromatic nitrogens is 3. The van der Waals surface area contributed by atoms with Gasteiger partial charge in [0.05, 0.1) is 43.2 Å². The van der Waals surface area contributed by atoms with E-state index in [-0.39, 0.29) is 12.1 Å². The first-order valence-corrected chi connectivity index (χ1v) is 13.5. The highest BCUT2D eigenvalue weighted by Crippen LogP contribution is 2.30. The smallest absolute Gasteiger partial charge is 0.489 e. The molecule has 2 aliphatic heterocycles. The molecule has 2 saturated heterocycles. The van der Waals surface area contributed by atoms with Crippen molar-refractivity contribution in [3.63, 3.8) is 0 Å². The molecule has 2 fully saturated rings. The predicted octanol–water partition coefficient (Wildman–Crippen LogP) is 5.23. The van der Waals surface area contributed by atoms with Crippen molar-refractivity contribution in [2.45, 2.75) is 57.8 Å². The van der Waals surface area contributed by atoms with Gasteiger partial charge in [-0.1, -0.05) is 6.07 Å². The lowest BCUT2D eigenvalue weighted by Gasteiger charge is -2.23. The van der Waals surface area contributed by atoms with Gasteiger partial charge in [0.15, 0.2) is 0 Å². The topological polar surface area (TPSA) is 124 Å². The number of carbonyl (C=O) groups excluding carboxylic acids is 1. The number of hydrogen-bond donors (Lipinski definition) is 1. The third kappa shape index (κ3) is 7.08. The second kappa shape index (κ2) is 11.9. The maximum Gasteiger partial charge on any atom is 0.528 e. The number of nitrogens with zero attached hydrogens (tertiary/aromatic N) is 5. The van der Waals surface area contributed by atoms with Crippen molar-refractivity contribution >= 4 is 17.7 Å².